The van der Waals surface area contributed by atoms with E-state index in [2.05, 4.69) is 4.74 Å². The third-order valence-electron chi connectivity index (χ3n) is 2.56. The molecule has 1 aromatic carbocycles. The monoisotopic (exact) mass is 244 g/mol. The summed E-state index contributed by atoms with van der Waals surface area (Å²) in [5, 5.41) is 9.32. The van der Waals surface area contributed by atoms with Gasteiger partial charge in [0.15, 0.2) is 0 Å². The molecule has 0 bridgehead atoms. The van der Waals surface area contributed by atoms with E-state index in [9.17, 15) is 18.3 Å². The molecule has 1 atom stereocenters. The zero-order chi connectivity index (χ0) is 12.5. The van der Waals surface area contributed by atoms with Gasteiger partial charge in [0.05, 0.1) is 6.10 Å². The van der Waals surface area contributed by atoms with Crippen molar-refractivity contribution in [1.82, 2.24) is 0 Å². The SMILES string of the molecule is OC1C=C(c2ccc(OC(F)(F)F)cc2)CC1. The fraction of sp³-hybridized carbons (Fsp3) is 0.333. The van der Waals surface area contributed by atoms with E-state index in [0.717, 1.165) is 17.6 Å². The average Bonchev–Trinajstić information content (AvgIpc) is 2.63. The Morgan fingerprint density at radius 3 is 2.29 bits per heavy atom. The highest BCUT2D eigenvalue weighted by Gasteiger charge is 2.31. The number of hydrogen-bond acceptors (Lipinski definition) is 2. The molecule has 0 saturated carbocycles. The Labute approximate surface area is 96.3 Å². The first-order chi connectivity index (χ1) is 7.94. The van der Waals surface area contributed by atoms with Gasteiger partial charge < -0.3 is 9.84 Å². The van der Waals surface area contributed by atoms with E-state index in [1.807, 2.05) is 0 Å². The van der Waals surface area contributed by atoms with Crippen LogP contribution in [0.25, 0.3) is 5.57 Å². The summed E-state index contributed by atoms with van der Waals surface area (Å²) in [4.78, 5) is 0. The van der Waals surface area contributed by atoms with Crippen LogP contribution >= 0.6 is 0 Å². The van der Waals surface area contributed by atoms with E-state index in [4.69, 9.17) is 0 Å². The second-order valence-corrected chi connectivity index (χ2v) is 3.87. The number of alkyl halides is 3. The van der Waals surface area contributed by atoms with Crippen molar-refractivity contribution in [3.05, 3.63) is 35.9 Å². The van der Waals surface area contributed by atoms with Gasteiger partial charge in [-0.05, 0) is 36.1 Å². The molecule has 92 valence electrons. The molecule has 0 aromatic heterocycles. The molecule has 5 heteroatoms. The van der Waals surface area contributed by atoms with Gasteiger partial charge in [-0.15, -0.1) is 13.2 Å². The molecule has 17 heavy (non-hydrogen) atoms. The molecule has 1 aromatic rings. The second-order valence-electron chi connectivity index (χ2n) is 3.87. The van der Waals surface area contributed by atoms with Crippen LogP contribution in [0.2, 0.25) is 0 Å². The van der Waals surface area contributed by atoms with Gasteiger partial charge >= 0.3 is 6.36 Å². The van der Waals surface area contributed by atoms with Crippen LogP contribution in [0.15, 0.2) is 30.3 Å². The molecule has 0 saturated heterocycles. The summed E-state index contributed by atoms with van der Waals surface area (Å²) in [6.45, 7) is 0. The molecule has 0 heterocycles. The maximum Gasteiger partial charge on any atom is 0.573 e. The van der Waals surface area contributed by atoms with Crippen LogP contribution < -0.4 is 4.74 Å². The van der Waals surface area contributed by atoms with E-state index in [0.29, 0.717) is 6.42 Å². The van der Waals surface area contributed by atoms with Crippen LogP contribution in [0.4, 0.5) is 13.2 Å². The van der Waals surface area contributed by atoms with E-state index in [1.54, 1.807) is 18.2 Å². The number of aliphatic hydroxyl groups excluding tert-OH is 1. The third kappa shape index (κ3) is 3.23. The Morgan fingerprint density at radius 2 is 1.82 bits per heavy atom. The normalized spacial score (nSPS) is 20.2. The Kier molecular flexibility index (Phi) is 3.11. The minimum atomic E-state index is -4.66. The number of aliphatic hydroxyl groups is 1. The molecule has 1 unspecified atom stereocenters. The van der Waals surface area contributed by atoms with Crippen LogP contribution in [0.1, 0.15) is 18.4 Å². The van der Waals surface area contributed by atoms with Gasteiger partial charge in [-0.2, -0.15) is 0 Å². The van der Waals surface area contributed by atoms with Gasteiger partial charge in [-0.3, -0.25) is 0 Å². The lowest BCUT2D eigenvalue weighted by atomic mass is 10.1. The minimum absolute atomic E-state index is 0.236. The number of benzene rings is 1. The number of ether oxygens (including phenoxy) is 1. The Bertz CT molecular complexity index is 420. The van der Waals surface area contributed by atoms with Crippen molar-refractivity contribution in [3.8, 4) is 5.75 Å². The first kappa shape index (κ1) is 12.0. The summed E-state index contributed by atoms with van der Waals surface area (Å²) in [7, 11) is 0. The van der Waals surface area contributed by atoms with Crippen molar-refractivity contribution in [2.75, 3.05) is 0 Å². The van der Waals surface area contributed by atoms with Gasteiger partial charge in [0.25, 0.3) is 0 Å². The summed E-state index contributed by atoms with van der Waals surface area (Å²) in [6.07, 6.45) is -1.99. The Balaban J connectivity index is 2.11. The van der Waals surface area contributed by atoms with Gasteiger partial charge in [0.2, 0.25) is 0 Å². The van der Waals surface area contributed by atoms with Crippen molar-refractivity contribution in [3.63, 3.8) is 0 Å². The van der Waals surface area contributed by atoms with Crippen molar-refractivity contribution >= 4 is 5.57 Å². The zero-order valence-electron chi connectivity index (χ0n) is 8.87. The first-order valence-corrected chi connectivity index (χ1v) is 5.19. The summed E-state index contributed by atoms with van der Waals surface area (Å²) >= 11 is 0. The van der Waals surface area contributed by atoms with Crippen molar-refractivity contribution in [2.45, 2.75) is 25.3 Å². The molecule has 0 amide bonds. The summed E-state index contributed by atoms with van der Waals surface area (Å²) < 4.78 is 39.6. The maximum absolute atomic E-state index is 11.9. The van der Waals surface area contributed by atoms with Crippen molar-refractivity contribution < 1.29 is 23.0 Å². The molecule has 0 fully saturated rings. The molecule has 0 spiro atoms. The van der Waals surface area contributed by atoms with E-state index in [-0.39, 0.29) is 5.75 Å². The highest BCUT2D eigenvalue weighted by molar-refractivity contribution is 5.68. The lowest BCUT2D eigenvalue weighted by molar-refractivity contribution is -0.274. The van der Waals surface area contributed by atoms with Gasteiger partial charge in [-0.25, -0.2) is 0 Å². The van der Waals surface area contributed by atoms with E-state index < -0.39 is 12.5 Å². The number of allylic oxidation sites excluding steroid dienone is 1. The largest absolute Gasteiger partial charge is 0.573 e. The van der Waals surface area contributed by atoms with Crippen LogP contribution in [0.3, 0.4) is 0 Å². The number of rotatable bonds is 2. The molecule has 2 rings (SSSR count). The fourth-order valence-corrected chi connectivity index (χ4v) is 1.81. The highest BCUT2D eigenvalue weighted by atomic mass is 19.4. The van der Waals surface area contributed by atoms with Crippen LogP contribution in [0.5, 0.6) is 5.75 Å². The van der Waals surface area contributed by atoms with E-state index in [1.165, 1.54) is 12.1 Å². The molecule has 1 aliphatic carbocycles. The van der Waals surface area contributed by atoms with Crippen molar-refractivity contribution in [1.29, 1.82) is 0 Å². The summed E-state index contributed by atoms with van der Waals surface area (Å²) in [5.41, 5.74) is 1.77. The van der Waals surface area contributed by atoms with Crippen LogP contribution in [-0.4, -0.2) is 17.6 Å². The highest BCUT2D eigenvalue weighted by Crippen LogP contribution is 2.30. The standard InChI is InChI=1S/C12H11F3O2/c13-12(14,15)17-11-5-2-8(3-6-11)9-1-4-10(16)7-9/h2-3,5-7,10,16H,1,4H2. The average molecular weight is 244 g/mol. The lowest BCUT2D eigenvalue weighted by Crippen LogP contribution is -2.16. The summed E-state index contributed by atoms with van der Waals surface area (Å²) in [6, 6.07) is 5.67. The molecular weight excluding hydrogens is 233 g/mol. The Morgan fingerprint density at radius 1 is 1.18 bits per heavy atom. The van der Waals surface area contributed by atoms with Gasteiger partial charge in [0, 0.05) is 0 Å². The van der Waals surface area contributed by atoms with Crippen LogP contribution in [0, 0.1) is 0 Å². The van der Waals surface area contributed by atoms with Gasteiger partial charge in [-0.1, -0.05) is 18.2 Å². The molecular formula is C12H11F3O2. The predicted molar refractivity (Wildman–Crippen MR) is 56.3 cm³/mol. The second kappa shape index (κ2) is 4.41. The fourth-order valence-electron chi connectivity index (χ4n) is 1.81. The smallest absolute Gasteiger partial charge is 0.406 e. The molecule has 1 N–H and O–H groups in total. The predicted octanol–water partition coefficient (Wildman–Crippen LogP) is 3.12. The zero-order valence-corrected chi connectivity index (χ0v) is 8.87. The minimum Gasteiger partial charge on any atom is -0.406 e. The molecule has 0 radical (unpaired) electrons. The lowest BCUT2D eigenvalue weighted by Gasteiger charge is -2.09. The molecule has 2 nitrogen and oxygen atoms in total. The third-order valence-corrected chi connectivity index (χ3v) is 2.56. The first-order valence-electron chi connectivity index (χ1n) is 5.19. The van der Waals surface area contributed by atoms with Gasteiger partial charge in [0.1, 0.15) is 5.75 Å². The number of halogens is 3. The quantitative estimate of drug-likeness (QED) is 0.866. The maximum atomic E-state index is 11.9. The summed E-state index contributed by atoms with van der Waals surface area (Å²) in [5.74, 6) is -0.236. The topological polar surface area (TPSA) is 29.5 Å². The number of hydrogen-bond donors (Lipinski definition) is 1. The van der Waals surface area contributed by atoms with E-state index >= 15 is 0 Å². The van der Waals surface area contributed by atoms with Crippen LogP contribution in [-0.2, 0) is 0 Å². The molecule has 1 aliphatic rings. The molecule has 0 aliphatic heterocycles. The van der Waals surface area contributed by atoms with Crippen molar-refractivity contribution in [2.24, 2.45) is 0 Å². The Hall–Kier alpha value is -1.49.